The van der Waals surface area contributed by atoms with Crippen molar-refractivity contribution in [2.24, 2.45) is 5.84 Å². The second kappa shape index (κ2) is 7.97. The molecule has 5 nitrogen and oxygen atoms in total. The zero-order valence-corrected chi connectivity index (χ0v) is 8.21. The van der Waals surface area contributed by atoms with Gasteiger partial charge in [0.25, 0.3) is 5.91 Å². The van der Waals surface area contributed by atoms with E-state index >= 15 is 0 Å². The van der Waals surface area contributed by atoms with E-state index in [4.69, 9.17) is 15.3 Å². The van der Waals surface area contributed by atoms with Gasteiger partial charge >= 0.3 is 0 Å². The number of carbonyl (C=O) groups excluding carboxylic acids is 1. The first-order valence-electron chi connectivity index (χ1n) is 4.42. The van der Waals surface area contributed by atoms with Crippen LogP contribution in [0.5, 0.6) is 0 Å². The molecule has 0 saturated carbocycles. The molecule has 0 radical (unpaired) electrons. The van der Waals surface area contributed by atoms with Crippen LogP contribution in [0.25, 0.3) is 0 Å². The van der Waals surface area contributed by atoms with Gasteiger partial charge in [0.1, 0.15) is 6.10 Å². The normalized spacial score (nSPS) is 12.5. The van der Waals surface area contributed by atoms with Gasteiger partial charge in [0.15, 0.2) is 0 Å². The molecule has 1 unspecified atom stereocenters. The lowest BCUT2D eigenvalue weighted by Gasteiger charge is -2.10. The Morgan fingerprint density at radius 2 is 2.15 bits per heavy atom. The zero-order chi connectivity index (χ0) is 10.1. The zero-order valence-electron chi connectivity index (χ0n) is 8.21. The Morgan fingerprint density at radius 3 is 2.69 bits per heavy atom. The average Bonchev–Trinajstić information content (AvgIpc) is 2.16. The molecule has 0 fully saturated rings. The number of carbonyl (C=O) groups is 1. The SMILES string of the molecule is CCCOCCOC(C)C(=O)NN. The van der Waals surface area contributed by atoms with Crippen LogP contribution in [-0.2, 0) is 14.3 Å². The van der Waals surface area contributed by atoms with Crippen LogP contribution in [-0.4, -0.2) is 31.8 Å². The summed E-state index contributed by atoms with van der Waals surface area (Å²) in [4.78, 5) is 10.8. The quantitative estimate of drug-likeness (QED) is 0.252. The lowest BCUT2D eigenvalue weighted by molar-refractivity contribution is -0.132. The van der Waals surface area contributed by atoms with Crippen LogP contribution in [0.1, 0.15) is 20.3 Å². The summed E-state index contributed by atoms with van der Waals surface area (Å²) in [6, 6.07) is 0. The second-order valence-electron chi connectivity index (χ2n) is 2.63. The Balaban J connectivity index is 3.26. The van der Waals surface area contributed by atoms with Crippen LogP contribution >= 0.6 is 0 Å². The molecule has 1 atom stereocenters. The molecule has 1 amide bonds. The molecular weight excluding hydrogens is 172 g/mol. The van der Waals surface area contributed by atoms with Crippen molar-refractivity contribution < 1.29 is 14.3 Å². The number of rotatable bonds is 7. The molecule has 0 aromatic carbocycles. The van der Waals surface area contributed by atoms with Gasteiger partial charge in [0.05, 0.1) is 13.2 Å². The Bertz CT molecular complexity index is 141. The molecule has 0 aliphatic rings. The van der Waals surface area contributed by atoms with Crippen LogP contribution in [0, 0.1) is 0 Å². The largest absolute Gasteiger partial charge is 0.379 e. The number of ether oxygens (including phenoxy) is 2. The maximum atomic E-state index is 10.8. The van der Waals surface area contributed by atoms with Crippen molar-refractivity contribution in [3.8, 4) is 0 Å². The molecule has 0 rings (SSSR count). The van der Waals surface area contributed by atoms with E-state index in [1.165, 1.54) is 0 Å². The van der Waals surface area contributed by atoms with E-state index in [1.807, 2.05) is 12.3 Å². The first-order valence-corrected chi connectivity index (χ1v) is 4.42. The molecule has 13 heavy (non-hydrogen) atoms. The summed E-state index contributed by atoms with van der Waals surface area (Å²) in [6.45, 7) is 5.32. The minimum Gasteiger partial charge on any atom is -0.379 e. The third-order valence-electron chi connectivity index (χ3n) is 1.46. The van der Waals surface area contributed by atoms with Crippen molar-refractivity contribution in [3.05, 3.63) is 0 Å². The molecule has 0 aromatic rings. The van der Waals surface area contributed by atoms with Gasteiger partial charge < -0.3 is 9.47 Å². The van der Waals surface area contributed by atoms with Gasteiger partial charge in [-0.3, -0.25) is 10.2 Å². The lowest BCUT2D eigenvalue weighted by Crippen LogP contribution is -2.39. The monoisotopic (exact) mass is 190 g/mol. The molecule has 0 heterocycles. The topological polar surface area (TPSA) is 73.6 Å². The molecule has 5 heteroatoms. The number of nitrogens with two attached hydrogens (primary N) is 1. The van der Waals surface area contributed by atoms with Gasteiger partial charge in [-0.25, -0.2) is 5.84 Å². The van der Waals surface area contributed by atoms with Gasteiger partial charge in [-0.1, -0.05) is 6.92 Å². The van der Waals surface area contributed by atoms with Gasteiger partial charge in [0.2, 0.25) is 0 Å². The fourth-order valence-corrected chi connectivity index (χ4v) is 0.723. The van der Waals surface area contributed by atoms with Crippen molar-refractivity contribution in [2.75, 3.05) is 19.8 Å². The summed E-state index contributed by atoms with van der Waals surface area (Å²) in [7, 11) is 0. The van der Waals surface area contributed by atoms with Crippen molar-refractivity contribution in [2.45, 2.75) is 26.4 Å². The first-order chi connectivity index (χ1) is 6.22. The fourth-order valence-electron chi connectivity index (χ4n) is 0.723. The number of hydrogen-bond acceptors (Lipinski definition) is 4. The molecule has 0 spiro atoms. The molecule has 0 aliphatic carbocycles. The van der Waals surface area contributed by atoms with Gasteiger partial charge in [-0.2, -0.15) is 0 Å². The Hall–Kier alpha value is -0.650. The molecule has 0 bridgehead atoms. The highest BCUT2D eigenvalue weighted by atomic mass is 16.5. The third kappa shape index (κ3) is 6.51. The molecule has 0 aromatic heterocycles. The van der Waals surface area contributed by atoms with E-state index in [9.17, 15) is 4.79 Å². The predicted octanol–water partition coefficient (Wildman–Crippen LogP) is -0.192. The van der Waals surface area contributed by atoms with E-state index in [2.05, 4.69) is 0 Å². The molecule has 0 aliphatic heterocycles. The summed E-state index contributed by atoms with van der Waals surface area (Å²) in [6.07, 6.45) is 0.467. The summed E-state index contributed by atoms with van der Waals surface area (Å²) in [5.74, 6) is 4.59. The van der Waals surface area contributed by atoms with E-state index in [1.54, 1.807) is 6.92 Å². The van der Waals surface area contributed by atoms with Crippen LogP contribution in [0.3, 0.4) is 0 Å². The van der Waals surface area contributed by atoms with Crippen LogP contribution < -0.4 is 11.3 Å². The lowest BCUT2D eigenvalue weighted by atomic mass is 10.4. The highest BCUT2D eigenvalue weighted by molar-refractivity contribution is 5.79. The number of nitrogens with one attached hydrogen (secondary N) is 1. The van der Waals surface area contributed by atoms with E-state index in [0.717, 1.165) is 13.0 Å². The van der Waals surface area contributed by atoms with E-state index < -0.39 is 6.10 Å². The van der Waals surface area contributed by atoms with Crippen LogP contribution in [0.2, 0.25) is 0 Å². The number of hydrogen-bond donors (Lipinski definition) is 2. The van der Waals surface area contributed by atoms with E-state index in [0.29, 0.717) is 13.2 Å². The van der Waals surface area contributed by atoms with Crippen LogP contribution in [0.4, 0.5) is 0 Å². The minimum atomic E-state index is -0.518. The third-order valence-corrected chi connectivity index (χ3v) is 1.46. The van der Waals surface area contributed by atoms with Gasteiger partial charge in [-0.15, -0.1) is 0 Å². The van der Waals surface area contributed by atoms with Gasteiger partial charge in [-0.05, 0) is 13.3 Å². The van der Waals surface area contributed by atoms with Crippen molar-refractivity contribution in [1.29, 1.82) is 0 Å². The molecule has 0 saturated heterocycles. The molecular formula is C8H18N2O3. The van der Waals surface area contributed by atoms with Gasteiger partial charge in [0, 0.05) is 6.61 Å². The number of hydrazine groups is 1. The summed E-state index contributed by atoms with van der Waals surface area (Å²) >= 11 is 0. The molecule has 78 valence electrons. The Labute approximate surface area is 78.5 Å². The van der Waals surface area contributed by atoms with Crippen LogP contribution in [0.15, 0.2) is 0 Å². The smallest absolute Gasteiger partial charge is 0.262 e. The summed E-state index contributed by atoms with van der Waals surface area (Å²) in [5.41, 5.74) is 2.01. The van der Waals surface area contributed by atoms with Crippen molar-refractivity contribution in [1.82, 2.24) is 5.43 Å². The Morgan fingerprint density at radius 1 is 1.46 bits per heavy atom. The highest BCUT2D eigenvalue weighted by Gasteiger charge is 2.10. The second-order valence-corrected chi connectivity index (χ2v) is 2.63. The standard InChI is InChI=1S/C8H18N2O3/c1-3-4-12-5-6-13-7(2)8(11)10-9/h7H,3-6,9H2,1-2H3,(H,10,11). The Kier molecular flexibility index (Phi) is 7.57. The summed E-state index contributed by atoms with van der Waals surface area (Å²) in [5, 5.41) is 0. The molecule has 3 N–H and O–H groups in total. The maximum absolute atomic E-state index is 10.8. The van der Waals surface area contributed by atoms with Crippen molar-refractivity contribution >= 4 is 5.91 Å². The summed E-state index contributed by atoms with van der Waals surface area (Å²) < 4.78 is 10.3. The van der Waals surface area contributed by atoms with E-state index in [-0.39, 0.29) is 5.91 Å². The van der Waals surface area contributed by atoms with Crippen molar-refractivity contribution in [3.63, 3.8) is 0 Å². The predicted molar refractivity (Wildman–Crippen MR) is 48.9 cm³/mol. The fraction of sp³-hybridized carbons (Fsp3) is 0.875. The highest BCUT2D eigenvalue weighted by Crippen LogP contribution is 1.90. The maximum Gasteiger partial charge on any atom is 0.262 e. The number of amides is 1. The first kappa shape index (κ1) is 12.3. The minimum absolute atomic E-state index is 0.324. The average molecular weight is 190 g/mol.